The Morgan fingerprint density at radius 1 is 1.17 bits per heavy atom. The van der Waals surface area contributed by atoms with E-state index in [0.717, 1.165) is 0 Å². The quantitative estimate of drug-likeness (QED) is 0.320. The van der Waals surface area contributed by atoms with Crippen molar-refractivity contribution in [1.29, 1.82) is 0 Å². The van der Waals surface area contributed by atoms with Crippen molar-refractivity contribution in [3.05, 3.63) is 64.5 Å². The molecule has 30 heavy (non-hydrogen) atoms. The number of benzene rings is 1. The van der Waals surface area contributed by atoms with Gasteiger partial charge in [-0.05, 0) is 49.8 Å². The van der Waals surface area contributed by atoms with Gasteiger partial charge < -0.3 is 14.2 Å². The lowest BCUT2D eigenvalue weighted by molar-refractivity contribution is -0.153. The van der Waals surface area contributed by atoms with E-state index in [0.29, 0.717) is 28.9 Å². The lowest BCUT2D eigenvalue weighted by Gasteiger charge is -2.33. The number of fused-ring (bicyclic) bond motifs is 2. The van der Waals surface area contributed by atoms with Gasteiger partial charge in [-0.25, -0.2) is 4.79 Å². The number of carbonyl (C=O) groups excluding carboxylic acids is 4. The molecule has 2 atom stereocenters. The first-order valence-corrected chi connectivity index (χ1v) is 9.54. The molecular weight excluding hydrogens is 388 g/mol. The van der Waals surface area contributed by atoms with Gasteiger partial charge in [0.2, 0.25) is 5.78 Å². The summed E-state index contributed by atoms with van der Waals surface area (Å²) in [6, 6.07) is 6.34. The van der Waals surface area contributed by atoms with E-state index < -0.39 is 35.3 Å². The summed E-state index contributed by atoms with van der Waals surface area (Å²) < 4.78 is 15.8. The summed E-state index contributed by atoms with van der Waals surface area (Å²) in [6.45, 7) is 3.32. The van der Waals surface area contributed by atoms with E-state index in [4.69, 9.17) is 14.2 Å². The third-order valence-corrected chi connectivity index (χ3v) is 5.56. The number of carbonyl (C=O) groups is 4. The Kier molecular flexibility index (Phi) is 4.68. The van der Waals surface area contributed by atoms with E-state index in [1.54, 1.807) is 30.3 Å². The van der Waals surface area contributed by atoms with E-state index >= 15 is 0 Å². The Morgan fingerprint density at radius 3 is 2.53 bits per heavy atom. The number of Topliss-reactive ketones (excluding diaryl/α,β-unsaturated/α-hetero) is 3. The molecule has 0 fully saturated rings. The lowest BCUT2D eigenvalue weighted by Crippen LogP contribution is -2.42. The summed E-state index contributed by atoms with van der Waals surface area (Å²) in [5.41, 5.74) is -0.258. The topological polar surface area (TPSA) is 96.0 Å². The summed E-state index contributed by atoms with van der Waals surface area (Å²) in [6.07, 6.45) is 2.87. The molecule has 0 saturated heterocycles. The number of hydrogen-bond donors (Lipinski definition) is 0. The molecule has 4 rings (SSSR count). The van der Waals surface area contributed by atoms with Crippen molar-refractivity contribution >= 4 is 23.3 Å². The van der Waals surface area contributed by atoms with Crippen molar-refractivity contribution in [1.82, 2.24) is 0 Å². The van der Waals surface area contributed by atoms with E-state index in [9.17, 15) is 19.2 Å². The highest BCUT2D eigenvalue weighted by molar-refractivity contribution is 6.28. The van der Waals surface area contributed by atoms with Crippen molar-refractivity contribution in [2.75, 3.05) is 7.11 Å². The molecule has 2 unspecified atom stereocenters. The summed E-state index contributed by atoms with van der Waals surface area (Å²) >= 11 is 0. The molecule has 0 N–H and O–H groups in total. The van der Waals surface area contributed by atoms with Gasteiger partial charge in [0.1, 0.15) is 11.3 Å². The Hall–Kier alpha value is -3.48. The smallest absolute Gasteiger partial charge is 0.343 e. The number of rotatable bonds is 5. The van der Waals surface area contributed by atoms with Crippen LogP contribution < -0.4 is 4.74 Å². The molecule has 1 aromatic rings. The van der Waals surface area contributed by atoms with E-state index in [2.05, 4.69) is 0 Å². The van der Waals surface area contributed by atoms with Crippen molar-refractivity contribution in [3.8, 4) is 5.75 Å². The van der Waals surface area contributed by atoms with E-state index in [1.165, 1.54) is 20.3 Å². The van der Waals surface area contributed by atoms with Gasteiger partial charge in [0.05, 0.1) is 31.5 Å². The van der Waals surface area contributed by atoms with Crippen LogP contribution in [0.1, 0.15) is 37.0 Å². The average molecular weight is 408 g/mol. The van der Waals surface area contributed by atoms with Gasteiger partial charge in [0.15, 0.2) is 17.2 Å². The van der Waals surface area contributed by atoms with Gasteiger partial charge in [0, 0.05) is 17.6 Å². The van der Waals surface area contributed by atoms with Gasteiger partial charge in [-0.1, -0.05) is 0 Å². The van der Waals surface area contributed by atoms with Crippen molar-refractivity contribution in [2.24, 2.45) is 0 Å². The molecule has 0 bridgehead atoms. The monoisotopic (exact) mass is 408 g/mol. The molecule has 2 heterocycles. The number of hydrogen-bond acceptors (Lipinski definition) is 7. The van der Waals surface area contributed by atoms with Crippen molar-refractivity contribution in [2.45, 2.75) is 38.4 Å². The van der Waals surface area contributed by atoms with Crippen LogP contribution in [0.25, 0.3) is 0 Å². The predicted molar refractivity (Wildman–Crippen MR) is 105 cm³/mol. The fourth-order valence-electron chi connectivity index (χ4n) is 3.89. The molecule has 7 heteroatoms. The van der Waals surface area contributed by atoms with Crippen LogP contribution in [-0.2, 0) is 23.9 Å². The summed E-state index contributed by atoms with van der Waals surface area (Å²) in [5.74, 6) is -1.85. The van der Waals surface area contributed by atoms with Crippen LogP contribution in [0, 0.1) is 0 Å². The fourth-order valence-corrected chi connectivity index (χ4v) is 3.89. The highest BCUT2D eigenvalue weighted by atomic mass is 16.6. The number of ether oxygens (including phenoxy) is 3. The Labute approximate surface area is 173 Å². The maximum Gasteiger partial charge on any atom is 0.343 e. The summed E-state index contributed by atoms with van der Waals surface area (Å²) in [7, 11) is 1.51. The molecule has 1 aromatic carbocycles. The van der Waals surface area contributed by atoms with Gasteiger partial charge >= 0.3 is 5.97 Å². The van der Waals surface area contributed by atoms with Gasteiger partial charge in [-0.15, -0.1) is 0 Å². The molecule has 0 spiro atoms. The van der Waals surface area contributed by atoms with Crippen LogP contribution in [0.5, 0.6) is 5.75 Å². The summed E-state index contributed by atoms with van der Waals surface area (Å²) in [5, 5.41) is 0. The third kappa shape index (κ3) is 3.07. The van der Waals surface area contributed by atoms with Crippen LogP contribution in [0.15, 0.2) is 58.9 Å². The third-order valence-electron chi connectivity index (χ3n) is 5.56. The molecule has 154 valence electrons. The minimum absolute atomic E-state index is 0.133. The normalized spacial score (nSPS) is 24.8. The predicted octanol–water partition coefficient (Wildman–Crippen LogP) is 2.65. The second-order valence-corrected chi connectivity index (χ2v) is 7.64. The van der Waals surface area contributed by atoms with Gasteiger partial charge in [-0.2, -0.15) is 0 Å². The molecule has 1 aliphatic carbocycles. The zero-order chi connectivity index (χ0) is 21.6. The van der Waals surface area contributed by atoms with Crippen molar-refractivity contribution < 1.29 is 33.4 Å². The van der Waals surface area contributed by atoms with Crippen LogP contribution in [-0.4, -0.2) is 42.1 Å². The Balaban J connectivity index is 1.68. The molecular formula is C23H20O7. The van der Waals surface area contributed by atoms with E-state index in [1.807, 2.05) is 6.92 Å². The number of methoxy groups -OCH3 is 1. The molecule has 0 amide bonds. The van der Waals surface area contributed by atoms with Crippen LogP contribution in [0.2, 0.25) is 0 Å². The average Bonchev–Trinajstić information content (AvgIpc) is 2.98. The first kappa shape index (κ1) is 19.8. The molecule has 7 nitrogen and oxygen atoms in total. The molecule has 0 aromatic heterocycles. The Morgan fingerprint density at radius 2 is 1.87 bits per heavy atom. The molecule has 2 aliphatic heterocycles. The van der Waals surface area contributed by atoms with Crippen LogP contribution in [0.4, 0.5) is 0 Å². The fraction of sp³-hybridized carbons (Fsp3) is 0.304. The zero-order valence-corrected chi connectivity index (χ0v) is 16.8. The second-order valence-electron chi connectivity index (χ2n) is 7.64. The molecule has 3 aliphatic rings. The Bertz CT molecular complexity index is 1070. The molecule has 0 saturated carbocycles. The first-order valence-electron chi connectivity index (χ1n) is 9.54. The highest BCUT2D eigenvalue weighted by Gasteiger charge is 2.54. The second kappa shape index (κ2) is 7.09. The zero-order valence-electron chi connectivity index (χ0n) is 16.8. The van der Waals surface area contributed by atoms with Crippen LogP contribution >= 0.6 is 0 Å². The standard InChI is InChI=1S/C23H20O7/c1-12-8-14-9-17-20(22(27)30-23(17,2)21(26)16(14)11-29-12)19(25)10-18(24)13-4-6-15(28-3)7-5-13/h4-7,9,11-12H,8,10H2,1-3H3. The maximum absolute atomic E-state index is 13.0. The summed E-state index contributed by atoms with van der Waals surface area (Å²) in [4.78, 5) is 51.0. The van der Waals surface area contributed by atoms with E-state index in [-0.39, 0.29) is 17.3 Å². The largest absolute Gasteiger partial charge is 0.497 e. The van der Waals surface area contributed by atoms with Crippen molar-refractivity contribution in [3.63, 3.8) is 0 Å². The SMILES string of the molecule is COc1ccc(C(=O)CC(=O)C2=C3C=C4CC(C)OC=C4C(=O)C3(C)OC2=O)cc1. The number of ketones is 3. The minimum atomic E-state index is -1.59. The first-order chi connectivity index (χ1) is 14.2. The molecule has 0 radical (unpaired) electrons. The minimum Gasteiger partial charge on any atom is -0.497 e. The van der Waals surface area contributed by atoms with Gasteiger partial charge in [-0.3, -0.25) is 14.4 Å². The maximum atomic E-state index is 13.0. The lowest BCUT2D eigenvalue weighted by atomic mass is 9.75. The highest BCUT2D eigenvalue weighted by Crippen LogP contribution is 2.44. The van der Waals surface area contributed by atoms with Gasteiger partial charge in [0.25, 0.3) is 0 Å². The van der Waals surface area contributed by atoms with Crippen LogP contribution in [0.3, 0.4) is 0 Å². The number of esters is 1.